The molecule has 150 valence electrons. The molecular weight excluding hydrogens is 381 g/mol. The summed E-state index contributed by atoms with van der Waals surface area (Å²) in [5.74, 6) is -0.290. The molecule has 2 aromatic carbocycles. The maximum absolute atomic E-state index is 13.4. The van der Waals surface area contributed by atoms with Crippen molar-refractivity contribution in [3.8, 4) is 0 Å². The van der Waals surface area contributed by atoms with E-state index in [9.17, 15) is 9.18 Å². The van der Waals surface area contributed by atoms with Crippen LogP contribution in [0.25, 0.3) is 33.2 Å². The minimum Gasteiger partial charge on any atom is -0.304 e. The number of para-hydroxylation sites is 2. The van der Waals surface area contributed by atoms with Crippen LogP contribution in [0, 0.1) is 5.82 Å². The van der Waals surface area contributed by atoms with E-state index >= 15 is 0 Å². The number of hydrogen-bond acceptors (Lipinski definition) is 4. The molecule has 5 aromatic rings. The first-order valence-electron chi connectivity index (χ1n) is 9.97. The lowest BCUT2D eigenvalue weighted by molar-refractivity contribution is 0.510. The summed E-state index contributed by atoms with van der Waals surface area (Å²) in [6.07, 6.45) is 2.41. The Hall–Kier alpha value is -3.61. The molecule has 30 heavy (non-hydrogen) atoms. The number of fused-ring (bicyclic) bond motifs is 4. The standard InChI is InChI=1S/C23H20FN5O/c1-3-14(2)29-13-25-21-19(23(29)30)20-22(27-18-7-5-4-6-17(18)26-20)28(21)12-15-8-10-16(24)11-9-15/h4-11,13-14H,3,12H2,1-2H3/t14-/m1/s1. The monoisotopic (exact) mass is 401 g/mol. The molecule has 5 rings (SSSR count). The van der Waals surface area contributed by atoms with Crippen LogP contribution >= 0.6 is 0 Å². The zero-order chi connectivity index (χ0) is 20.8. The van der Waals surface area contributed by atoms with Gasteiger partial charge in [-0.15, -0.1) is 0 Å². The highest BCUT2D eigenvalue weighted by atomic mass is 19.1. The fourth-order valence-corrected chi connectivity index (χ4v) is 3.75. The van der Waals surface area contributed by atoms with Crippen molar-refractivity contribution in [2.24, 2.45) is 0 Å². The lowest BCUT2D eigenvalue weighted by atomic mass is 10.2. The van der Waals surface area contributed by atoms with Crippen LogP contribution in [-0.4, -0.2) is 24.1 Å². The van der Waals surface area contributed by atoms with Gasteiger partial charge >= 0.3 is 0 Å². The quantitative estimate of drug-likeness (QED) is 0.446. The van der Waals surface area contributed by atoms with Gasteiger partial charge in [0.15, 0.2) is 11.3 Å². The molecule has 0 unspecified atom stereocenters. The molecule has 3 heterocycles. The zero-order valence-electron chi connectivity index (χ0n) is 16.7. The van der Waals surface area contributed by atoms with Crippen molar-refractivity contribution in [2.75, 3.05) is 0 Å². The highest BCUT2D eigenvalue weighted by Gasteiger charge is 2.21. The minimum atomic E-state index is -0.290. The second-order valence-corrected chi connectivity index (χ2v) is 7.51. The highest BCUT2D eigenvalue weighted by molar-refractivity contribution is 6.04. The van der Waals surface area contributed by atoms with E-state index < -0.39 is 0 Å². The fraction of sp³-hybridized carbons (Fsp3) is 0.217. The Kier molecular flexibility index (Phi) is 4.31. The SMILES string of the molecule is CC[C@@H](C)n1cnc2c(c1=O)c1nc3ccccc3nc1n2Cc1ccc(F)cc1. The molecule has 0 aliphatic carbocycles. The maximum atomic E-state index is 13.4. The van der Waals surface area contributed by atoms with Gasteiger partial charge in [0, 0.05) is 6.04 Å². The molecule has 0 spiro atoms. The van der Waals surface area contributed by atoms with Crippen LogP contribution in [0.15, 0.2) is 59.7 Å². The molecule has 0 bridgehead atoms. The van der Waals surface area contributed by atoms with E-state index in [-0.39, 0.29) is 17.4 Å². The fourth-order valence-electron chi connectivity index (χ4n) is 3.75. The summed E-state index contributed by atoms with van der Waals surface area (Å²) in [7, 11) is 0. The molecule has 3 aromatic heterocycles. The van der Waals surface area contributed by atoms with Gasteiger partial charge < -0.3 is 4.57 Å². The lowest BCUT2D eigenvalue weighted by Gasteiger charge is -2.12. The van der Waals surface area contributed by atoms with Gasteiger partial charge in [-0.05, 0) is 43.2 Å². The predicted octanol–water partition coefficient (Wildman–Crippen LogP) is 4.45. The van der Waals surface area contributed by atoms with Crippen LogP contribution in [0.1, 0.15) is 31.9 Å². The van der Waals surface area contributed by atoms with E-state index in [0.717, 1.165) is 23.0 Å². The molecule has 0 aliphatic heterocycles. The summed E-state index contributed by atoms with van der Waals surface area (Å²) in [6, 6.07) is 13.9. The molecule has 0 aliphatic rings. The van der Waals surface area contributed by atoms with Crippen molar-refractivity contribution in [1.82, 2.24) is 24.1 Å². The summed E-state index contributed by atoms with van der Waals surface area (Å²) in [6.45, 7) is 4.44. The van der Waals surface area contributed by atoms with E-state index in [1.165, 1.54) is 12.1 Å². The predicted molar refractivity (Wildman–Crippen MR) is 115 cm³/mol. The third-order valence-electron chi connectivity index (χ3n) is 5.60. The largest absolute Gasteiger partial charge is 0.304 e. The van der Waals surface area contributed by atoms with Crippen LogP contribution in [0.4, 0.5) is 4.39 Å². The molecule has 0 N–H and O–H groups in total. The first-order valence-corrected chi connectivity index (χ1v) is 9.97. The maximum Gasteiger partial charge on any atom is 0.265 e. The average molecular weight is 401 g/mol. The van der Waals surface area contributed by atoms with E-state index in [1.807, 2.05) is 42.7 Å². The van der Waals surface area contributed by atoms with E-state index in [2.05, 4.69) is 4.98 Å². The Labute approximate surface area is 171 Å². The zero-order valence-corrected chi connectivity index (χ0v) is 16.7. The topological polar surface area (TPSA) is 65.6 Å². The molecule has 1 atom stereocenters. The molecule has 0 amide bonds. The van der Waals surface area contributed by atoms with Crippen LogP contribution in [0.2, 0.25) is 0 Å². The van der Waals surface area contributed by atoms with Crippen molar-refractivity contribution in [3.05, 3.63) is 76.6 Å². The Balaban J connectivity index is 1.86. The molecule has 0 fully saturated rings. The molecule has 0 saturated carbocycles. The number of aromatic nitrogens is 5. The third kappa shape index (κ3) is 2.85. The second-order valence-electron chi connectivity index (χ2n) is 7.51. The van der Waals surface area contributed by atoms with Crippen molar-refractivity contribution in [2.45, 2.75) is 32.9 Å². The van der Waals surface area contributed by atoms with Crippen molar-refractivity contribution in [3.63, 3.8) is 0 Å². The Morgan fingerprint density at radius 3 is 2.40 bits per heavy atom. The summed E-state index contributed by atoms with van der Waals surface area (Å²) in [4.78, 5) is 27.6. The lowest BCUT2D eigenvalue weighted by Crippen LogP contribution is -2.23. The van der Waals surface area contributed by atoms with Gasteiger partial charge in [0.1, 0.15) is 23.0 Å². The van der Waals surface area contributed by atoms with E-state index in [4.69, 9.17) is 9.97 Å². The summed E-state index contributed by atoms with van der Waals surface area (Å²) >= 11 is 0. The van der Waals surface area contributed by atoms with Gasteiger partial charge in [-0.25, -0.2) is 19.3 Å². The van der Waals surface area contributed by atoms with Gasteiger partial charge in [0.2, 0.25) is 0 Å². The smallest absolute Gasteiger partial charge is 0.265 e. The van der Waals surface area contributed by atoms with Crippen molar-refractivity contribution >= 4 is 33.2 Å². The van der Waals surface area contributed by atoms with E-state index in [0.29, 0.717) is 28.7 Å². The van der Waals surface area contributed by atoms with Crippen LogP contribution in [0.3, 0.4) is 0 Å². The highest BCUT2D eigenvalue weighted by Crippen LogP contribution is 2.26. The van der Waals surface area contributed by atoms with Crippen molar-refractivity contribution in [1.29, 1.82) is 0 Å². The number of halogens is 1. The third-order valence-corrected chi connectivity index (χ3v) is 5.60. The first-order chi connectivity index (χ1) is 14.6. The van der Waals surface area contributed by atoms with Gasteiger partial charge in [-0.3, -0.25) is 9.36 Å². The molecule has 6 nitrogen and oxygen atoms in total. The molecule has 7 heteroatoms. The summed E-state index contributed by atoms with van der Waals surface area (Å²) in [5.41, 5.74) is 3.91. The van der Waals surface area contributed by atoms with Gasteiger partial charge in [-0.1, -0.05) is 31.2 Å². The van der Waals surface area contributed by atoms with Gasteiger partial charge in [-0.2, -0.15) is 0 Å². The van der Waals surface area contributed by atoms with Crippen LogP contribution < -0.4 is 5.56 Å². The summed E-state index contributed by atoms with van der Waals surface area (Å²) < 4.78 is 16.9. The van der Waals surface area contributed by atoms with Crippen molar-refractivity contribution < 1.29 is 4.39 Å². The molecule has 0 saturated heterocycles. The van der Waals surface area contributed by atoms with Crippen LogP contribution in [0.5, 0.6) is 0 Å². The first kappa shape index (κ1) is 18.4. The molecule has 0 radical (unpaired) electrons. The number of benzene rings is 2. The second kappa shape index (κ2) is 7.02. The summed E-state index contributed by atoms with van der Waals surface area (Å²) in [5, 5.41) is 0.466. The van der Waals surface area contributed by atoms with E-state index in [1.54, 1.807) is 23.0 Å². The van der Waals surface area contributed by atoms with Crippen LogP contribution in [-0.2, 0) is 6.54 Å². The number of nitrogens with zero attached hydrogens (tertiary/aromatic N) is 5. The number of hydrogen-bond donors (Lipinski definition) is 0. The number of rotatable bonds is 4. The average Bonchev–Trinajstić information content (AvgIpc) is 3.06. The Morgan fingerprint density at radius 1 is 1.00 bits per heavy atom. The Morgan fingerprint density at radius 2 is 1.70 bits per heavy atom. The Bertz CT molecular complexity index is 1450. The van der Waals surface area contributed by atoms with Gasteiger partial charge in [0.25, 0.3) is 5.56 Å². The normalized spacial score (nSPS) is 12.8. The van der Waals surface area contributed by atoms with Gasteiger partial charge in [0.05, 0.1) is 17.6 Å². The molecular formula is C23H20FN5O. The minimum absolute atomic E-state index is 0.0262.